The Kier molecular flexibility index (Phi) is 6.97. The van der Waals surface area contributed by atoms with E-state index in [2.05, 4.69) is 20.8 Å². The summed E-state index contributed by atoms with van der Waals surface area (Å²) in [6, 6.07) is 5.87. The van der Waals surface area contributed by atoms with Crippen molar-refractivity contribution >= 4 is 40.8 Å². The van der Waals surface area contributed by atoms with Crippen LogP contribution in [0.2, 0.25) is 10.0 Å². The van der Waals surface area contributed by atoms with Gasteiger partial charge in [0.25, 0.3) is 5.91 Å². The fraction of sp³-hybridized carbons (Fsp3) is 0.450. The molecule has 150 valence electrons. The molecule has 1 fully saturated rings. The van der Waals surface area contributed by atoms with Crippen LogP contribution >= 0.6 is 23.2 Å². The fourth-order valence-corrected chi connectivity index (χ4v) is 3.87. The molecule has 0 saturated heterocycles. The predicted octanol–water partition coefficient (Wildman–Crippen LogP) is 4.60. The maximum Gasteiger partial charge on any atom is 0.253 e. The summed E-state index contributed by atoms with van der Waals surface area (Å²) in [5.41, 5.74) is 1.24. The van der Waals surface area contributed by atoms with Crippen molar-refractivity contribution in [3.8, 4) is 0 Å². The van der Waals surface area contributed by atoms with Crippen molar-refractivity contribution in [2.75, 3.05) is 5.32 Å². The van der Waals surface area contributed by atoms with Gasteiger partial charge in [0.1, 0.15) is 6.04 Å². The lowest BCUT2D eigenvalue weighted by molar-refractivity contribution is -0.117. The average Bonchev–Trinajstić information content (AvgIpc) is 3.11. The van der Waals surface area contributed by atoms with Gasteiger partial charge in [0.15, 0.2) is 5.82 Å². The minimum Gasteiger partial charge on any atom is -0.340 e. The summed E-state index contributed by atoms with van der Waals surface area (Å²) >= 11 is 12.0. The number of aromatic nitrogens is 2. The van der Waals surface area contributed by atoms with E-state index in [1.807, 2.05) is 6.07 Å². The molecule has 1 aliphatic carbocycles. The van der Waals surface area contributed by atoms with Crippen molar-refractivity contribution in [2.45, 2.75) is 51.5 Å². The van der Waals surface area contributed by atoms with Crippen molar-refractivity contribution in [3.05, 3.63) is 45.6 Å². The van der Waals surface area contributed by atoms with E-state index in [1.54, 1.807) is 25.1 Å². The van der Waals surface area contributed by atoms with Crippen LogP contribution in [0.3, 0.4) is 0 Å². The minimum atomic E-state index is -0.763. The number of hydrogen-bond acceptors (Lipinski definition) is 3. The first-order chi connectivity index (χ1) is 13.4. The number of halogens is 2. The Morgan fingerprint density at radius 2 is 2.00 bits per heavy atom. The Labute approximate surface area is 174 Å². The molecular weight excluding hydrogens is 399 g/mol. The van der Waals surface area contributed by atoms with Crippen LogP contribution in [0.5, 0.6) is 0 Å². The quantitative estimate of drug-likeness (QED) is 0.635. The number of carbonyl (C=O) groups excluding carboxylic acids is 2. The van der Waals surface area contributed by atoms with E-state index in [-0.39, 0.29) is 21.5 Å². The summed E-state index contributed by atoms with van der Waals surface area (Å²) in [6.07, 6.45) is 7.34. The summed E-state index contributed by atoms with van der Waals surface area (Å²) < 4.78 is 0. The van der Waals surface area contributed by atoms with Crippen molar-refractivity contribution in [1.82, 2.24) is 15.5 Å². The molecule has 1 unspecified atom stereocenters. The van der Waals surface area contributed by atoms with Crippen LogP contribution in [-0.4, -0.2) is 28.1 Å². The van der Waals surface area contributed by atoms with Gasteiger partial charge >= 0.3 is 0 Å². The Bertz CT molecular complexity index is 846. The largest absolute Gasteiger partial charge is 0.340 e. The molecule has 0 radical (unpaired) electrons. The Morgan fingerprint density at radius 1 is 1.25 bits per heavy atom. The molecule has 1 aromatic heterocycles. The predicted molar refractivity (Wildman–Crippen MR) is 111 cm³/mol. The molecule has 2 aromatic rings. The second-order valence-electron chi connectivity index (χ2n) is 7.27. The Morgan fingerprint density at radius 3 is 2.75 bits per heavy atom. The molecule has 3 rings (SSSR count). The summed E-state index contributed by atoms with van der Waals surface area (Å²) in [5.74, 6) is 0.313. The van der Waals surface area contributed by atoms with Crippen LogP contribution in [0.15, 0.2) is 24.3 Å². The van der Waals surface area contributed by atoms with E-state index >= 15 is 0 Å². The molecule has 28 heavy (non-hydrogen) atoms. The normalized spacial score (nSPS) is 15.8. The second-order valence-corrected chi connectivity index (χ2v) is 8.06. The molecule has 1 aliphatic rings. The lowest BCUT2D eigenvalue weighted by Crippen LogP contribution is -2.41. The maximum absolute atomic E-state index is 12.4. The van der Waals surface area contributed by atoms with Gasteiger partial charge in [-0.05, 0) is 31.4 Å². The molecule has 6 nitrogen and oxygen atoms in total. The highest BCUT2D eigenvalue weighted by Gasteiger charge is 2.20. The number of hydrogen-bond donors (Lipinski definition) is 3. The van der Waals surface area contributed by atoms with E-state index in [4.69, 9.17) is 23.2 Å². The topological polar surface area (TPSA) is 86.9 Å². The summed E-state index contributed by atoms with van der Waals surface area (Å²) in [5, 5.41) is 13.0. The van der Waals surface area contributed by atoms with Gasteiger partial charge in [-0.15, -0.1) is 0 Å². The third-order valence-electron chi connectivity index (χ3n) is 5.05. The number of amides is 2. The van der Waals surface area contributed by atoms with Crippen LogP contribution < -0.4 is 10.6 Å². The average molecular weight is 423 g/mol. The molecule has 0 aliphatic heterocycles. The molecule has 0 spiro atoms. The van der Waals surface area contributed by atoms with Crippen molar-refractivity contribution in [1.29, 1.82) is 0 Å². The summed E-state index contributed by atoms with van der Waals surface area (Å²) in [7, 11) is 0. The zero-order chi connectivity index (χ0) is 20.1. The van der Waals surface area contributed by atoms with Crippen molar-refractivity contribution in [2.24, 2.45) is 5.92 Å². The third kappa shape index (κ3) is 5.26. The van der Waals surface area contributed by atoms with Gasteiger partial charge in [-0.2, -0.15) is 5.10 Å². The monoisotopic (exact) mass is 422 g/mol. The molecular formula is C20H24Cl2N4O2. The van der Waals surface area contributed by atoms with E-state index in [0.717, 1.165) is 12.1 Å². The lowest BCUT2D eigenvalue weighted by atomic mass is 9.86. The molecule has 1 heterocycles. The number of carbonyl (C=O) groups is 2. The van der Waals surface area contributed by atoms with Gasteiger partial charge in [-0.1, -0.05) is 61.4 Å². The van der Waals surface area contributed by atoms with Gasteiger partial charge in [0, 0.05) is 11.8 Å². The number of nitrogens with one attached hydrogen (secondary N) is 3. The van der Waals surface area contributed by atoms with Gasteiger partial charge in [0.2, 0.25) is 5.91 Å². The summed E-state index contributed by atoms with van der Waals surface area (Å²) in [4.78, 5) is 24.7. The summed E-state index contributed by atoms with van der Waals surface area (Å²) in [6.45, 7) is 1.60. The maximum atomic E-state index is 12.4. The highest BCUT2D eigenvalue weighted by atomic mass is 35.5. The molecule has 8 heteroatoms. The zero-order valence-electron chi connectivity index (χ0n) is 15.7. The van der Waals surface area contributed by atoms with E-state index < -0.39 is 11.9 Å². The Hall–Kier alpha value is -2.05. The van der Waals surface area contributed by atoms with Gasteiger partial charge < -0.3 is 10.6 Å². The second kappa shape index (κ2) is 9.43. The highest BCUT2D eigenvalue weighted by Crippen LogP contribution is 2.27. The Balaban J connectivity index is 1.54. The van der Waals surface area contributed by atoms with Crippen LogP contribution in [0.4, 0.5) is 5.82 Å². The molecule has 1 atom stereocenters. The first kappa shape index (κ1) is 20.7. The number of rotatable bonds is 6. The van der Waals surface area contributed by atoms with Crippen LogP contribution in [0, 0.1) is 5.92 Å². The van der Waals surface area contributed by atoms with Crippen LogP contribution in [0.25, 0.3) is 0 Å². The van der Waals surface area contributed by atoms with Gasteiger partial charge in [-0.3, -0.25) is 14.7 Å². The van der Waals surface area contributed by atoms with E-state index in [1.165, 1.54) is 32.1 Å². The van der Waals surface area contributed by atoms with Crippen molar-refractivity contribution < 1.29 is 9.59 Å². The zero-order valence-corrected chi connectivity index (χ0v) is 17.2. The van der Waals surface area contributed by atoms with E-state index in [9.17, 15) is 9.59 Å². The highest BCUT2D eigenvalue weighted by molar-refractivity contribution is 6.43. The van der Waals surface area contributed by atoms with E-state index in [0.29, 0.717) is 11.7 Å². The molecule has 1 aromatic carbocycles. The van der Waals surface area contributed by atoms with Crippen LogP contribution in [-0.2, 0) is 11.2 Å². The molecule has 3 N–H and O–H groups in total. The number of benzene rings is 1. The number of nitrogens with zero attached hydrogens (tertiary/aromatic N) is 1. The third-order valence-corrected chi connectivity index (χ3v) is 5.87. The smallest absolute Gasteiger partial charge is 0.253 e. The first-order valence-electron chi connectivity index (χ1n) is 9.54. The SMILES string of the molecule is CC(NC(=O)c1cccc(Cl)c1Cl)C(=O)Nc1cc(CC2CCCCC2)[nH]n1. The number of H-pyrrole nitrogens is 1. The first-order valence-corrected chi connectivity index (χ1v) is 10.3. The fourth-order valence-electron chi connectivity index (χ4n) is 3.49. The van der Waals surface area contributed by atoms with Crippen LogP contribution in [0.1, 0.15) is 55.1 Å². The molecule has 1 saturated carbocycles. The number of anilines is 1. The number of aromatic amines is 1. The molecule has 0 bridgehead atoms. The van der Waals surface area contributed by atoms with Crippen molar-refractivity contribution in [3.63, 3.8) is 0 Å². The minimum absolute atomic E-state index is 0.161. The molecule has 2 amide bonds. The van der Waals surface area contributed by atoms with Gasteiger partial charge in [-0.25, -0.2) is 0 Å². The van der Waals surface area contributed by atoms with Gasteiger partial charge in [0.05, 0.1) is 15.6 Å². The standard InChI is InChI=1S/C20H24Cl2N4O2/c1-12(23-20(28)15-8-5-9-16(21)18(15)22)19(27)24-17-11-14(25-26-17)10-13-6-3-2-4-7-13/h5,8-9,11-13H,2-4,6-7,10H2,1H3,(H,23,28)(H2,24,25,26,27). The lowest BCUT2D eigenvalue weighted by Gasteiger charge is -2.20.